The standard InChI is InChI=1S/C19H23N5O3/c1-13-11-20-12-15(22-13)7-8-21-19(26)23-14-5-6-17(27-2)16(10-14)24-9-3-4-18(24)25/h5-6,10-12H,3-4,7-9H2,1-2H3,(H2,21,23,26). The fraction of sp³-hybridized carbons (Fsp3) is 0.368. The molecule has 2 N–H and O–H groups in total. The molecule has 2 heterocycles. The molecule has 1 fully saturated rings. The zero-order valence-corrected chi connectivity index (χ0v) is 15.5. The van der Waals surface area contributed by atoms with Gasteiger partial charge in [-0.05, 0) is 31.5 Å². The molecule has 27 heavy (non-hydrogen) atoms. The molecule has 142 valence electrons. The molecule has 0 bridgehead atoms. The number of hydrogen-bond donors (Lipinski definition) is 2. The van der Waals surface area contributed by atoms with Crippen LogP contribution in [0.5, 0.6) is 5.75 Å². The lowest BCUT2D eigenvalue weighted by Gasteiger charge is -2.20. The summed E-state index contributed by atoms with van der Waals surface area (Å²) in [5.41, 5.74) is 2.94. The van der Waals surface area contributed by atoms with Gasteiger partial charge >= 0.3 is 6.03 Å². The summed E-state index contributed by atoms with van der Waals surface area (Å²) in [6.07, 6.45) is 5.33. The molecule has 0 unspecified atom stereocenters. The number of nitrogens with one attached hydrogen (secondary N) is 2. The topological polar surface area (TPSA) is 96.4 Å². The number of anilines is 2. The van der Waals surface area contributed by atoms with Gasteiger partial charge in [-0.2, -0.15) is 0 Å². The second-order valence-electron chi connectivity index (χ2n) is 6.32. The number of carbonyl (C=O) groups excluding carboxylic acids is 2. The average Bonchev–Trinajstić information content (AvgIpc) is 3.07. The summed E-state index contributed by atoms with van der Waals surface area (Å²) in [4.78, 5) is 34.3. The molecule has 0 spiro atoms. The molecule has 1 aliphatic rings. The Hall–Kier alpha value is -3.16. The molecule has 0 aliphatic carbocycles. The number of aryl methyl sites for hydroxylation is 1. The Balaban J connectivity index is 1.59. The highest BCUT2D eigenvalue weighted by molar-refractivity contribution is 5.98. The Morgan fingerprint density at radius 3 is 2.89 bits per heavy atom. The van der Waals surface area contributed by atoms with E-state index >= 15 is 0 Å². The van der Waals surface area contributed by atoms with Crippen molar-refractivity contribution >= 4 is 23.3 Å². The van der Waals surface area contributed by atoms with Crippen molar-refractivity contribution in [3.8, 4) is 5.75 Å². The van der Waals surface area contributed by atoms with Gasteiger partial charge in [-0.1, -0.05) is 0 Å². The summed E-state index contributed by atoms with van der Waals surface area (Å²) in [5.74, 6) is 0.670. The maximum atomic E-state index is 12.2. The van der Waals surface area contributed by atoms with Crippen LogP contribution in [-0.2, 0) is 11.2 Å². The van der Waals surface area contributed by atoms with Crippen LogP contribution >= 0.6 is 0 Å². The van der Waals surface area contributed by atoms with Crippen molar-refractivity contribution in [2.24, 2.45) is 0 Å². The number of ether oxygens (including phenoxy) is 1. The van der Waals surface area contributed by atoms with Crippen molar-refractivity contribution in [3.63, 3.8) is 0 Å². The summed E-state index contributed by atoms with van der Waals surface area (Å²) in [7, 11) is 1.56. The highest BCUT2D eigenvalue weighted by Crippen LogP contribution is 2.33. The molecule has 8 nitrogen and oxygen atoms in total. The Morgan fingerprint density at radius 2 is 2.19 bits per heavy atom. The number of hydrogen-bond acceptors (Lipinski definition) is 5. The highest BCUT2D eigenvalue weighted by atomic mass is 16.5. The molecule has 2 aromatic rings. The third-order valence-corrected chi connectivity index (χ3v) is 4.27. The van der Waals surface area contributed by atoms with Crippen LogP contribution in [0.25, 0.3) is 0 Å². The lowest BCUT2D eigenvalue weighted by Crippen LogP contribution is -2.31. The van der Waals surface area contributed by atoms with Gasteiger partial charge in [0.05, 0.1) is 24.2 Å². The van der Waals surface area contributed by atoms with Gasteiger partial charge in [0.2, 0.25) is 5.91 Å². The monoisotopic (exact) mass is 369 g/mol. The largest absolute Gasteiger partial charge is 0.495 e. The van der Waals surface area contributed by atoms with Gasteiger partial charge in [0.15, 0.2) is 0 Å². The minimum Gasteiger partial charge on any atom is -0.495 e. The van der Waals surface area contributed by atoms with Crippen LogP contribution in [0.15, 0.2) is 30.6 Å². The number of rotatable bonds is 6. The molecule has 3 amide bonds. The summed E-state index contributed by atoms with van der Waals surface area (Å²) in [5, 5.41) is 5.59. The van der Waals surface area contributed by atoms with E-state index in [1.165, 1.54) is 0 Å². The maximum Gasteiger partial charge on any atom is 0.319 e. The molecule has 3 rings (SSSR count). The number of methoxy groups -OCH3 is 1. The van der Waals surface area contributed by atoms with Crippen molar-refractivity contribution in [1.82, 2.24) is 15.3 Å². The van der Waals surface area contributed by atoms with E-state index in [2.05, 4.69) is 20.6 Å². The summed E-state index contributed by atoms with van der Waals surface area (Å²) in [6, 6.07) is 4.93. The second-order valence-corrected chi connectivity index (χ2v) is 6.32. The zero-order chi connectivity index (χ0) is 19.2. The minimum absolute atomic E-state index is 0.0640. The van der Waals surface area contributed by atoms with Crippen molar-refractivity contribution in [2.45, 2.75) is 26.2 Å². The molecular formula is C19H23N5O3. The Labute approximate surface area is 158 Å². The number of aromatic nitrogens is 2. The fourth-order valence-electron chi connectivity index (χ4n) is 3.00. The predicted octanol–water partition coefficient (Wildman–Crippen LogP) is 2.28. The number of amides is 3. The number of urea groups is 1. The lowest BCUT2D eigenvalue weighted by atomic mass is 10.2. The van der Waals surface area contributed by atoms with E-state index in [9.17, 15) is 9.59 Å². The van der Waals surface area contributed by atoms with Crippen molar-refractivity contribution in [2.75, 3.05) is 30.4 Å². The fourth-order valence-corrected chi connectivity index (χ4v) is 3.00. The highest BCUT2D eigenvalue weighted by Gasteiger charge is 2.24. The van der Waals surface area contributed by atoms with Crippen LogP contribution in [-0.4, -0.2) is 42.1 Å². The smallest absolute Gasteiger partial charge is 0.319 e. The Kier molecular flexibility index (Phi) is 5.85. The quantitative estimate of drug-likeness (QED) is 0.814. The van der Waals surface area contributed by atoms with E-state index in [0.717, 1.165) is 17.8 Å². The predicted molar refractivity (Wildman–Crippen MR) is 102 cm³/mol. The summed E-state index contributed by atoms with van der Waals surface area (Å²) >= 11 is 0. The Morgan fingerprint density at radius 1 is 1.33 bits per heavy atom. The summed E-state index contributed by atoms with van der Waals surface area (Å²) in [6.45, 7) is 2.98. The van der Waals surface area contributed by atoms with Gasteiger partial charge < -0.3 is 20.3 Å². The van der Waals surface area contributed by atoms with Crippen LogP contribution in [0.3, 0.4) is 0 Å². The number of benzene rings is 1. The Bertz CT molecular complexity index is 840. The van der Waals surface area contributed by atoms with Gasteiger partial charge in [0.1, 0.15) is 5.75 Å². The van der Waals surface area contributed by atoms with Crippen LogP contribution in [0.4, 0.5) is 16.2 Å². The van der Waals surface area contributed by atoms with Gasteiger partial charge in [-0.3, -0.25) is 14.8 Å². The first-order valence-corrected chi connectivity index (χ1v) is 8.87. The minimum atomic E-state index is -0.320. The molecule has 0 radical (unpaired) electrons. The van der Waals surface area contributed by atoms with E-state index in [1.54, 1.807) is 42.6 Å². The first-order valence-electron chi connectivity index (χ1n) is 8.87. The molecule has 0 atom stereocenters. The maximum absolute atomic E-state index is 12.2. The van der Waals surface area contributed by atoms with E-state index in [0.29, 0.717) is 43.1 Å². The molecule has 1 aromatic heterocycles. The van der Waals surface area contributed by atoms with Crippen LogP contribution < -0.4 is 20.3 Å². The molecule has 8 heteroatoms. The first-order chi connectivity index (χ1) is 13.1. The van der Waals surface area contributed by atoms with Crippen molar-refractivity contribution in [3.05, 3.63) is 42.0 Å². The zero-order valence-electron chi connectivity index (χ0n) is 15.5. The van der Waals surface area contributed by atoms with E-state index in [1.807, 2.05) is 6.92 Å². The second kappa shape index (κ2) is 8.48. The third-order valence-electron chi connectivity index (χ3n) is 4.27. The van der Waals surface area contributed by atoms with E-state index in [4.69, 9.17) is 4.74 Å². The van der Waals surface area contributed by atoms with Gasteiger partial charge in [0, 0.05) is 44.0 Å². The summed E-state index contributed by atoms with van der Waals surface area (Å²) < 4.78 is 5.35. The van der Waals surface area contributed by atoms with E-state index in [-0.39, 0.29) is 11.9 Å². The van der Waals surface area contributed by atoms with Gasteiger partial charge in [-0.15, -0.1) is 0 Å². The third kappa shape index (κ3) is 4.72. The van der Waals surface area contributed by atoms with Gasteiger partial charge in [0.25, 0.3) is 0 Å². The van der Waals surface area contributed by atoms with Crippen molar-refractivity contribution in [1.29, 1.82) is 0 Å². The number of nitrogens with zero attached hydrogens (tertiary/aromatic N) is 3. The number of carbonyl (C=O) groups is 2. The van der Waals surface area contributed by atoms with Crippen LogP contribution in [0, 0.1) is 6.92 Å². The van der Waals surface area contributed by atoms with Gasteiger partial charge in [-0.25, -0.2) is 4.79 Å². The SMILES string of the molecule is COc1ccc(NC(=O)NCCc2cncc(C)n2)cc1N1CCCC1=O. The van der Waals surface area contributed by atoms with E-state index < -0.39 is 0 Å². The molecule has 1 aliphatic heterocycles. The van der Waals surface area contributed by atoms with Crippen LogP contribution in [0.2, 0.25) is 0 Å². The molecular weight excluding hydrogens is 346 g/mol. The average molecular weight is 369 g/mol. The van der Waals surface area contributed by atoms with Crippen LogP contribution in [0.1, 0.15) is 24.2 Å². The first kappa shape index (κ1) is 18.6. The molecule has 1 aromatic carbocycles. The lowest BCUT2D eigenvalue weighted by molar-refractivity contribution is -0.117. The molecule has 0 saturated carbocycles. The molecule has 1 saturated heterocycles. The van der Waals surface area contributed by atoms with Crippen molar-refractivity contribution < 1.29 is 14.3 Å². The normalized spacial score (nSPS) is 13.6.